The van der Waals surface area contributed by atoms with Crippen LogP contribution in [0.1, 0.15) is 38.2 Å². The van der Waals surface area contributed by atoms with Crippen LogP contribution in [0.15, 0.2) is 42.5 Å². The predicted molar refractivity (Wildman–Crippen MR) is 125 cm³/mol. The topological polar surface area (TPSA) is 55.7 Å². The lowest BCUT2D eigenvalue weighted by Crippen LogP contribution is -2.35. The number of rotatable bonds is 4. The minimum Gasteiger partial charge on any atom is -0.395 e. The summed E-state index contributed by atoms with van der Waals surface area (Å²) in [4.78, 5) is 2.46. The standard InChI is InChI=1S/C16H21NO.C9H17NO.ClH/c1-12-7-14-10-17(16(11-18)15(14)8-12)9-13-5-3-2-4-6-13;1-6-2-7-4-10-9(5-11)8(7)3-6;/h2-6,14-16,18H,1,7-11H2;6-11H,2-5H2,1H3;1H/t14?,15-,16?;6?,7?,8-,9?;/m00./s1. The Balaban J connectivity index is 0.000000184. The van der Waals surface area contributed by atoms with E-state index in [1.54, 1.807) is 0 Å². The first-order valence-corrected chi connectivity index (χ1v) is 11.5. The van der Waals surface area contributed by atoms with Crippen molar-refractivity contribution in [2.75, 3.05) is 26.3 Å². The van der Waals surface area contributed by atoms with Crippen molar-refractivity contribution in [3.05, 3.63) is 48.0 Å². The van der Waals surface area contributed by atoms with Crippen LogP contribution in [0.3, 0.4) is 0 Å². The second kappa shape index (κ2) is 10.6. The summed E-state index contributed by atoms with van der Waals surface area (Å²) in [5.74, 6) is 3.88. The number of hydrogen-bond donors (Lipinski definition) is 3. The fourth-order valence-electron chi connectivity index (χ4n) is 6.54. The van der Waals surface area contributed by atoms with Crippen molar-refractivity contribution in [3.63, 3.8) is 0 Å². The second-order valence-corrected chi connectivity index (χ2v) is 9.94. The second-order valence-electron chi connectivity index (χ2n) is 9.94. The third kappa shape index (κ3) is 5.11. The molecular weight excluding hydrogens is 396 g/mol. The molecule has 2 saturated carbocycles. The maximum absolute atomic E-state index is 9.68. The van der Waals surface area contributed by atoms with Gasteiger partial charge in [0.05, 0.1) is 13.2 Å². The molecule has 0 radical (unpaired) electrons. The van der Waals surface area contributed by atoms with Gasteiger partial charge in [-0.1, -0.05) is 49.4 Å². The lowest BCUT2D eigenvalue weighted by molar-refractivity contribution is 0.130. The van der Waals surface area contributed by atoms with Gasteiger partial charge < -0.3 is 15.5 Å². The third-order valence-corrected chi connectivity index (χ3v) is 7.87. The van der Waals surface area contributed by atoms with Crippen molar-refractivity contribution in [3.8, 4) is 0 Å². The van der Waals surface area contributed by atoms with Gasteiger partial charge in [-0.05, 0) is 67.4 Å². The smallest absolute Gasteiger partial charge is 0.0589 e. The highest BCUT2D eigenvalue weighted by Gasteiger charge is 2.44. The molecule has 168 valence electrons. The van der Waals surface area contributed by atoms with E-state index in [2.05, 4.69) is 54.1 Å². The third-order valence-electron chi connectivity index (χ3n) is 7.87. The number of hydrogen-bond acceptors (Lipinski definition) is 4. The number of nitrogens with one attached hydrogen (secondary N) is 1. The summed E-state index contributed by atoms with van der Waals surface area (Å²) in [5, 5.41) is 22.1. The van der Waals surface area contributed by atoms with Gasteiger partial charge in [0.2, 0.25) is 0 Å². The molecule has 2 heterocycles. The maximum atomic E-state index is 9.68. The molecule has 0 amide bonds. The Morgan fingerprint density at radius 3 is 2.50 bits per heavy atom. The van der Waals surface area contributed by atoms with E-state index in [-0.39, 0.29) is 19.0 Å². The molecule has 0 spiro atoms. The molecule has 3 N–H and O–H groups in total. The number of fused-ring (bicyclic) bond motifs is 2. The Labute approximate surface area is 188 Å². The Bertz CT molecular complexity index is 683. The SMILES string of the molecule is C=C1CC2CN(Cc3ccccc3)C(CO)[C@H]2C1.CC1CC2CNC(CO)[C@H]2C1.Cl. The summed E-state index contributed by atoms with van der Waals surface area (Å²) >= 11 is 0. The van der Waals surface area contributed by atoms with Gasteiger partial charge in [-0.15, -0.1) is 12.4 Å². The zero-order valence-electron chi connectivity index (χ0n) is 18.2. The molecule has 1 aromatic rings. The Morgan fingerprint density at radius 2 is 1.80 bits per heavy atom. The highest BCUT2D eigenvalue weighted by Crippen LogP contribution is 2.44. The van der Waals surface area contributed by atoms with Crippen LogP contribution in [0.25, 0.3) is 0 Å². The van der Waals surface area contributed by atoms with Crippen LogP contribution in [0.2, 0.25) is 0 Å². The molecule has 0 bridgehead atoms. The molecule has 4 fully saturated rings. The van der Waals surface area contributed by atoms with E-state index >= 15 is 0 Å². The zero-order chi connectivity index (χ0) is 20.4. The summed E-state index contributed by atoms with van der Waals surface area (Å²) in [6.07, 6.45) is 4.96. The van der Waals surface area contributed by atoms with Crippen LogP contribution in [-0.2, 0) is 6.54 Å². The van der Waals surface area contributed by atoms with E-state index in [1.165, 1.54) is 24.0 Å². The molecule has 0 aromatic heterocycles. The lowest BCUT2D eigenvalue weighted by Gasteiger charge is -2.26. The van der Waals surface area contributed by atoms with Crippen molar-refractivity contribution in [2.24, 2.45) is 29.6 Å². The van der Waals surface area contributed by atoms with E-state index in [0.29, 0.717) is 24.6 Å². The fraction of sp³-hybridized carbons (Fsp3) is 0.680. The van der Waals surface area contributed by atoms with Gasteiger partial charge in [0.15, 0.2) is 0 Å². The summed E-state index contributed by atoms with van der Waals surface area (Å²) in [6.45, 7) is 10.3. The Kier molecular flexibility index (Phi) is 8.39. The molecule has 4 nitrogen and oxygen atoms in total. The maximum Gasteiger partial charge on any atom is 0.0589 e. The number of aliphatic hydroxyl groups excluding tert-OH is 2. The lowest BCUT2D eigenvalue weighted by atomic mass is 9.94. The minimum atomic E-state index is 0. The van der Waals surface area contributed by atoms with E-state index in [1.807, 2.05) is 0 Å². The van der Waals surface area contributed by atoms with Gasteiger partial charge in [-0.3, -0.25) is 4.90 Å². The molecule has 7 atom stereocenters. The first kappa shape index (κ1) is 23.7. The molecule has 4 aliphatic rings. The van der Waals surface area contributed by atoms with Crippen molar-refractivity contribution < 1.29 is 10.2 Å². The molecule has 5 heteroatoms. The number of likely N-dealkylation sites (tertiary alicyclic amines) is 1. The molecule has 5 rings (SSSR count). The highest BCUT2D eigenvalue weighted by molar-refractivity contribution is 5.85. The van der Waals surface area contributed by atoms with Crippen molar-refractivity contribution in [2.45, 2.75) is 51.2 Å². The molecule has 2 aliphatic carbocycles. The first-order valence-electron chi connectivity index (χ1n) is 11.5. The Morgan fingerprint density at radius 1 is 1.03 bits per heavy atom. The van der Waals surface area contributed by atoms with Crippen LogP contribution >= 0.6 is 12.4 Å². The van der Waals surface area contributed by atoms with Gasteiger partial charge in [0, 0.05) is 25.2 Å². The average Bonchev–Trinajstić information content (AvgIpc) is 3.43. The van der Waals surface area contributed by atoms with Crippen LogP contribution in [0, 0.1) is 29.6 Å². The van der Waals surface area contributed by atoms with Crippen LogP contribution in [0.5, 0.6) is 0 Å². The monoisotopic (exact) mass is 434 g/mol. The van der Waals surface area contributed by atoms with Crippen molar-refractivity contribution in [1.82, 2.24) is 10.2 Å². The highest BCUT2D eigenvalue weighted by atomic mass is 35.5. The van der Waals surface area contributed by atoms with Crippen LogP contribution in [-0.4, -0.2) is 53.5 Å². The van der Waals surface area contributed by atoms with E-state index in [0.717, 1.165) is 56.1 Å². The number of halogens is 1. The van der Waals surface area contributed by atoms with E-state index in [9.17, 15) is 5.11 Å². The van der Waals surface area contributed by atoms with Crippen LogP contribution in [0.4, 0.5) is 0 Å². The molecule has 30 heavy (non-hydrogen) atoms. The number of aliphatic hydroxyl groups is 2. The molecular formula is C25H39ClN2O2. The van der Waals surface area contributed by atoms with Gasteiger partial charge >= 0.3 is 0 Å². The molecule has 2 saturated heterocycles. The largest absolute Gasteiger partial charge is 0.395 e. The number of allylic oxidation sites excluding steroid dienone is 1. The molecule has 1 aromatic carbocycles. The summed E-state index contributed by atoms with van der Waals surface area (Å²) in [5.41, 5.74) is 2.72. The normalized spacial score (nSPS) is 37.3. The molecule has 5 unspecified atom stereocenters. The van der Waals surface area contributed by atoms with Gasteiger partial charge in [-0.25, -0.2) is 0 Å². The zero-order valence-corrected chi connectivity index (χ0v) is 19.1. The van der Waals surface area contributed by atoms with Crippen molar-refractivity contribution >= 4 is 12.4 Å². The Hall–Kier alpha value is -0.910. The average molecular weight is 435 g/mol. The van der Waals surface area contributed by atoms with Gasteiger partial charge in [0.25, 0.3) is 0 Å². The predicted octanol–water partition coefficient (Wildman–Crippen LogP) is 3.48. The first-order chi connectivity index (χ1) is 14.1. The van der Waals surface area contributed by atoms with Crippen LogP contribution < -0.4 is 5.32 Å². The number of benzene rings is 1. The van der Waals surface area contributed by atoms with E-state index in [4.69, 9.17) is 5.11 Å². The quantitative estimate of drug-likeness (QED) is 0.635. The molecule has 2 aliphatic heterocycles. The summed E-state index contributed by atoms with van der Waals surface area (Å²) in [6, 6.07) is 11.3. The fourth-order valence-corrected chi connectivity index (χ4v) is 6.54. The number of nitrogens with zero attached hydrogens (tertiary/aromatic N) is 1. The van der Waals surface area contributed by atoms with E-state index < -0.39 is 0 Å². The summed E-state index contributed by atoms with van der Waals surface area (Å²) < 4.78 is 0. The summed E-state index contributed by atoms with van der Waals surface area (Å²) in [7, 11) is 0. The van der Waals surface area contributed by atoms with Gasteiger partial charge in [0.1, 0.15) is 0 Å². The van der Waals surface area contributed by atoms with Gasteiger partial charge in [-0.2, -0.15) is 0 Å². The minimum absolute atomic E-state index is 0. The van der Waals surface area contributed by atoms with Crippen molar-refractivity contribution in [1.29, 1.82) is 0 Å².